The topological polar surface area (TPSA) is 29.1 Å². The van der Waals surface area contributed by atoms with Gasteiger partial charge in [-0.25, -0.2) is 4.39 Å². The molecule has 0 fully saturated rings. The summed E-state index contributed by atoms with van der Waals surface area (Å²) in [6.07, 6.45) is 0. The number of amides is 1. The first kappa shape index (κ1) is 14.5. The van der Waals surface area contributed by atoms with Crippen molar-refractivity contribution < 1.29 is 9.18 Å². The maximum Gasteiger partial charge on any atom is 0.256 e. The predicted molar refractivity (Wildman–Crippen MR) is 85.9 cm³/mol. The number of nitrogens with one attached hydrogen (secondary N) is 1. The quantitative estimate of drug-likeness (QED) is 0.680. The molecular formula is C14H10BrFINO. The number of hydrogen-bond donors (Lipinski definition) is 1. The Bertz CT molecular complexity index is 645. The van der Waals surface area contributed by atoms with Crippen molar-refractivity contribution in [2.75, 3.05) is 5.32 Å². The van der Waals surface area contributed by atoms with Gasteiger partial charge in [-0.2, -0.15) is 0 Å². The van der Waals surface area contributed by atoms with Gasteiger partial charge in [-0.05, 0) is 87.4 Å². The second kappa shape index (κ2) is 6.00. The van der Waals surface area contributed by atoms with Crippen LogP contribution in [-0.4, -0.2) is 5.91 Å². The highest BCUT2D eigenvalue weighted by Crippen LogP contribution is 2.22. The molecule has 19 heavy (non-hydrogen) atoms. The minimum Gasteiger partial charge on any atom is -0.322 e. The molecule has 1 amide bonds. The molecule has 98 valence electrons. The molecule has 2 aromatic carbocycles. The number of rotatable bonds is 2. The van der Waals surface area contributed by atoms with Crippen LogP contribution in [0.2, 0.25) is 0 Å². The monoisotopic (exact) mass is 433 g/mol. The van der Waals surface area contributed by atoms with Crippen LogP contribution in [0.25, 0.3) is 0 Å². The van der Waals surface area contributed by atoms with E-state index < -0.39 is 0 Å². The van der Waals surface area contributed by atoms with E-state index in [2.05, 4.69) is 43.8 Å². The Balaban J connectivity index is 2.25. The summed E-state index contributed by atoms with van der Waals surface area (Å²) in [5.74, 6) is -0.648. The largest absolute Gasteiger partial charge is 0.322 e. The van der Waals surface area contributed by atoms with Gasteiger partial charge in [0.25, 0.3) is 5.91 Å². The van der Waals surface area contributed by atoms with Crippen molar-refractivity contribution in [1.82, 2.24) is 0 Å². The Kier molecular flexibility index (Phi) is 4.57. The highest BCUT2D eigenvalue weighted by molar-refractivity contribution is 14.1. The van der Waals surface area contributed by atoms with Crippen molar-refractivity contribution >= 4 is 50.1 Å². The first-order valence-corrected chi connectivity index (χ1v) is 7.37. The number of carbonyl (C=O) groups excluding carboxylic acids is 1. The Hall–Kier alpha value is -0.950. The molecular weight excluding hydrogens is 424 g/mol. The predicted octanol–water partition coefficient (Wildman–Crippen LogP) is 4.75. The second-order valence-electron chi connectivity index (χ2n) is 4.04. The molecule has 0 aliphatic rings. The fourth-order valence-corrected chi connectivity index (χ4v) is 2.81. The van der Waals surface area contributed by atoms with Crippen LogP contribution in [0.4, 0.5) is 10.1 Å². The van der Waals surface area contributed by atoms with Gasteiger partial charge in [0.15, 0.2) is 0 Å². The summed E-state index contributed by atoms with van der Waals surface area (Å²) in [6.45, 7) is 1.93. The molecule has 2 rings (SSSR count). The van der Waals surface area contributed by atoms with E-state index in [9.17, 15) is 9.18 Å². The number of aryl methyl sites for hydroxylation is 1. The van der Waals surface area contributed by atoms with Crippen LogP contribution in [-0.2, 0) is 0 Å². The highest BCUT2D eigenvalue weighted by atomic mass is 127. The minimum atomic E-state index is -0.381. The van der Waals surface area contributed by atoms with Gasteiger partial charge < -0.3 is 5.32 Å². The second-order valence-corrected chi connectivity index (χ2v) is 6.14. The average Bonchev–Trinajstić information content (AvgIpc) is 2.32. The minimum absolute atomic E-state index is 0.267. The molecule has 0 aliphatic carbocycles. The van der Waals surface area contributed by atoms with E-state index in [1.807, 2.05) is 25.1 Å². The molecule has 0 unspecified atom stereocenters. The summed E-state index contributed by atoms with van der Waals surface area (Å²) >= 11 is 5.40. The lowest BCUT2D eigenvalue weighted by Gasteiger charge is -2.10. The Morgan fingerprint density at radius 1 is 1.26 bits per heavy atom. The van der Waals surface area contributed by atoms with Crippen LogP contribution in [0, 0.1) is 16.3 Å². The van der Waals surface area contributed by atoms with E-state index in [1.54, 1.807) is 0 Å². The van der Waals surface area contributed by atoms with Crippen molar-refractivity contribution in [2.45, 2.75) is 6.92 Å². The number of anilines is 1. The molecule has 2 aromatic rings. The molecule has 1 N–H and O–H groups in total. The van der Waals surface area contributed by atoms with Crippen molar-refractivity contribution in [1.29, 1.82) is 0 Å². The zero-order valence-electron chi connectivity index (χ0n) is 10.0. The third-order valence-corrected chi connectivity index (χ3v) is 3.94. The molecule has 0 heterocycles. The summed E-state index contributed by atoms with van der Waals surface area (Å²) in [5, 5.41) is 2.82. The lowest BCUT2D eigenvalue weighted by molar-refractivity contribution is 0.102. The van der Waals surface area contributed by atoms with Crippen LogP contribution in [0.1, 0.15) is 15.9 Å². The van der Waals surface area contributed by atoms with Crippen LogP contribution in [0.15, 0.2) is 40.9 Å². The third-order valence-electron chi connectivity index (χ3n) is 2.61. The van der Waals surface area contributed by atoms with Crippen LogP contribution < -0.4 is 5.32 Å². The summed E-state index contributed by atoms with van der Waals surface area (Å²) in [7, 11) is 0. The van der Waals surface area contributed by atoms with Gasteiger partial charge in [0.05, 0.1) is 5.56 Å². The zero-order chi connectivity index (χ0) is 14.0. The smallest absolute Gasteiger partial charge is 0.256 e. The number of carbonyl (C=O) groups is 1. The van der Waals surface area contributed by atoms with Crippen molar-refractivity contribution in [3.8, 4) is 0 Å². The average molecular weight is 434 g/mol. The first-order valence-electron chi connectivity index (χ1n) is 5.50. The summed E-state index contributed by atoms with van der Waals surface area (Å²) in [4.78, 5) is 12.1. The summed E-state index contributed by atoms with van der Waals surface area (Å²) < 4.78 is 14.5. The lowest BCUT2D eigenvalue weighted by atomic mass is 10.1. The fraction of sp³-hybridized carbons (Fsp3) is 0.0714. The van der Waals surface area contributed by atoms with Gasteiger partial charge in [0.2, 0.25) is 0 Å². The molecule has 0 spiro atoms. The highest BCUT2D eigenvalue weighted by Gasteiger charge is 2.12. The third kappa shape index (κ3) is 3.54. The van der Waals surface area contributed by atoms with Crippen LogP contribution in [0.3, 0.4) is 0 Å². The maximum atomic E-state index is 13.0. The van der Waals surface area contributed by atoms with Gasteiger partial charge in [-0.15, -0.1) is 0 Å². The number of halogens is 3. The van der Waals surface area contributed by atoms with Gasteiger partial charge in [-0.1, -0.05) is 0 Å². The molecule has 2 nitrogen and oxygen atoms in total. The van der Waals surface area contributed by atoms with Crippen molar-refractivity contribution in [3.05, 3.63) is 61.4 Å². The summed E-state index contributed by atoms with van der Waals surface area (Å²) in [5.41, 5.74) is 2.14. The van der Waals surface area contributed by atoms with E-state index in [0.717, 1.165) is 14.8 Å². The lowest BCUT2D eigenvalue weighted by Crippen LogP contribution is -2.13. The van der Waals surface area contributed by atoms with Crippen LogP contribution >= 0.6 is 38.5 Å². The Morgan fingerprint density at radius 2 is 2.00 bits per heavy atom. The van der Waals surface area contributed by atoms with E-state index in [4.69, 9.17) is 0 Å². The Labute approximate surface area is 132 Å². The normalized spacial score (nSPS) is 10.3. The molecule has 5 heteroatoms. The molecule has 0 bridgehead atoms. The van der Waals surface area contributed by atoms with E-state index in [-0.39, 0.29) is 11.7 Å². The van der Waals surface area contributed by atoms with Crippen molar-refractivity contribution in [3.63, 3.8) is 0 Å². The maximum absolute atomic E-state index is 13.0. The molecule has 0 aliphatic heterocycles. The molecule has 0 radical (unpaired) electrons. The fourth-order valence-electron chi connectivity index (χ4n) is 1.63. The number of benzene rings is 2. The van der Waals surface area contributed by atoms with Gasteiger partial charge in [0.1, 0.15) is 5.82 Å². The van der Waals surface area contributed by atoms with Gasteiger partial charge in [-0.3, -0.25) is 4.79 Å². The zero-order valence-corrected chi connectivity index (χ0v) is 13.7. The van der Waals surface area contributed by atoms with Crippen molar-refractivity contribution in [2.24, 2.45) is 0 Å². The molecule has 0 saturated heterocycles. The molecule has 0 aromatic heterocycles. The molecule has 0 atom stereocenters. The van der Waals surface area contributed by atoms with Gasteiger partial charge in [0, 0.05) is 13.7 Å². The standard InChI is InChI=1S/C14H10BrFINO/c1-8-6-10(17)3-5-13(8)18-14(19)11-4-2-9(16)7-12(11)15/h2-7H,1H3,(H,18,19). The van der Waals surface area contributed by atoms with E-state index in [0.29, 0.717) is 10.0 Å². The summed E-state index contributed by atoms with van der Waals surface area (Å²) in [6, 6.07) is 9.75. The number of hydrogen-bond acceptors (Lipinski definition) is 1. The van der Waals surface area contributed by atoms with Crippen LogP contribution in [0.5, 0.6) is 0 Å². The van der Waals surface area contributed by atoms with E-state index in [1.165, 1.54) is 18.2 Å². The van der Waals surface area contributed by atoms with Gasteiger partial charge >= 0.3 is 0 Å². The first-order chi connectivity index (χ1) is 8.97. The Morgan fingerprint density at radius 3 is 2.63 bits per heavy atom. The van der Waals surface area contributed by atoms with E-state index >= 15 is 0 Å². The SMILES string of the molecule is Cc1cc(I)ccc1NC(=O)c1ccc(F)cc1Br. The molecule has 0 saturated carbocycles.